The molecule has 106 valence electrons. The molecule has 0 amide bonds. The zero-order valence-corrected chi connectivity index (χ0v) is 11.9. The van der Waals surface area contributed by atoms with E-state index in [1.54, 1.807) is 12.1 Å². The highest BCUT2D eigenvalue weighted by Crippen LogP contribution is 2.27. The second kappa shape index (κ2) is 5.48. The van der Waals surface area contributed by atoms with Crippen LogP contribution in [-0.4, -0.2) is 32.8 Å². The highest BCUT2D eigenvalue weighted by atomic mass is 32.2. The van der Waals surface area contributed by atoms with Crippen LogP contribution in [0.15, 0.2) is 23.1 Å². The van der Waals surface area contributed by atoms with E-state index in [1.807, 2.05) is 13.8 Å². The molecule has 1 atom stereocenters. The first-order chi connectivity index (χ1) is 8.94. The molecule has 1 aromatic rings. The monoisotopic (exact) mass is 285 g/mol. The van der Waals surface area contributed by atoms with E-state index in [1.165, 1.54) is 6.07 Å². The average molecular weight is 285 g/mol. The lowest BCUT2D eigenvalue weighted by Gasteiger charge is -2.20. The van der Waals surface area contributed by atoms with E-state index in [9.17, 15) is 13.5 Å². The Bertz CT molecular complexity index is 554. The van der Waals surface area contributed by atoms with Gasteiger partial charge in [0.25, 0.3) is 0 Å². The number of nitrogens with one attached hydrogen (secondary N) is 1. The van der Waals surface area contributed by atoms with E-state index in [4.69, 9.17) is 4.74 Å². The van der Waals surface area contributed by atoms with Gasteiger partial charge in [-0.05, 0) is 29.7 Å². The summed E-state index contributed by atoms with van der Waals surface area (Å²) < 4.78 is 32.4. The van der Waals surface area contributed by atoms with Gasteiger partial charge in [-0.2, -0.15) is 0 Å². The number of sulfonamides is 1. The fraction of sp³-hybridized carbons (Fsp3) is 0.538. The summed E-state index contributed by atoms with van der Waals surface area (Å²) >= 11 is 0. The van der Waals surface area contributed by atoms with Crippen LogP contribution in [0.3, 0.4) is 0 Å². The summed E-state index contributed by atoms with van der Waals surface area (Å²) in [5, 5.41) is 9.21. The molecule has 0 unspecified atom stereocenters. The molecule has 0 spiro atoms. The molecule has 2 N–H and O–H groups in total. The van der Waals surface area contributed by atoms with Crippen molar-refractivity contribution < 1.29 is 18.3 Å². The van der Waals surface area contributed by atoms with Gasteiger partial charge in [0.15, 0.2) is 0 Å². The Morgan fingerprint density at radius 2 is 2.16 bits per heavy atom. The molecule has 1 aliphatic rings. The molecule has 1 heterocycles. The lowest BCUT2D eigenvalue weighted by Crippen LogP contribution is -2.41. The third-order valence-electron chi connectivity index (χ3n) is 3.28. The fourth-order valence-electron chi connectivity index (χ4n) is 1.98. The van der Waals surface area contributed by atoms with Crippen molar-refractivity contribution in [3.05, 3.63) is 23.8 Å². The highest BCUT2D eigenvalue weighted by molar-refractivity contribution is 7.89. The number of fused-ring (bicyclic) bond motifs is 1. The van der Waals surface area contributed by atoms with Crippen molar-refractivity contribution in [3.63, 3.8) is 0 Å². The molecule has 0 aromatic heterocycles. The molecule has 0 saturated carbocycles. The van der Waals surface area contributed by atoms with E-state index in [2.05, 4.69) is 4.72 Å². The molecule has 5 nitrogen and oxygen atoms in total. The molecule has 0 bridgehead atoms. The van der Waals surface area contributed by atoms with Gasteiger partial charge in [0.1, 0.15) is 5.75 Å². The maximum Gasteiger partial charge on any atom is 0.240 e. The van der Waals surface area contributed by atoms with Crippen molar-refractivity contribution in [2.24, 2.45) is 5.92 Å². The zero-order chi connectivity index (χ0) is 14.0. The van der Waals surface area contributed by atoms with Crippen LogP contribution in [0.25, 0.3) is 0 Å². The van der Waals surface area contributed by atoms with Crippen molar-refractivity contribution in [1.82, 2.24) is 4.72 Å². The maximum atomic E-state index is 12.2. The van der Waals surface area contributed by atoms with Crippen LogP contribution in [0.2, 0.25) is 0 Å². The summed E-state index contributed by atoms with van der Waals surface area (Å²) in [6, 6.07) is 4.37. The van der Waals surface area contributed by atoms with Crippen LogP contribution < -0.4 is 9.46 Å². The summed E-state index contributed by atoms with van der Waals surface area (Å²) in [6.45, 7) is 4.10. The summed E-state index contributed by atoms with van der Waals surface area (Å²) in [5.74, 6) is 0.777. The minimum Gasteiger partial charge on any atom is -0.493 e. The number of aliphatic hydroxyl groups excluding tert-OH is 1. The predicted molar refractivity (Wildman–Crippen MR) is 71.7 cm³/mol. The molecular formula is C13H19NO4S. The van der Waals surface area contributed by atoms with Gasteiger partial charge in [0.2, 0.25) is 10.0 Å². The normalized spacial score (nSPS) is 16.2. The van der Waals surface area contributed by atoms with Gasteiger partial charge in [0, 0.05) is 12.5 Å². The molecule has 1 aliphatic heterocycles. The first-order valence-corrected chi connectivity index (χ1v) is 7.81. The van der Waals surface area contributed by atoms with Gasteiger partial charge in [-0.1, -0.05) is 13.8 Å². The number of ether oxygens (including phenoxy) is 1. The van der Waals surface area contributed by atoms with E-state index in [-0.39, 0.29) is 17.4 Å². The third-order valence-corrected chi connectivity index (χ3v) is 4.77. The number of hydrogen-bond acceptors (Lipinski definition) is 4. The average Bonchev–Trinajstić information content (AvgIpc) is 2.82. The minimum atomic E-state index is -3.60. The van der Waals surface area contributed by atoms with Gasteiger partial charge < -0.3 is 9.84 Å². The number of rotatable bonds is 5. The van der Waals surface area contributed by atoms with E-state index in [0.717, 1.165) is 17.7 Å². The van der Waals surface area contributed by atoms with Crippen LogP contribution >= 0.6 is 0 Å². The lowest BCUT2D eigenvalue weighted by atomic mass is 10.1. The van der Waals surface area contributed by atoms with E-state index < -0.39 is 16.1 Å². The third kappa shape index (κ3) is 3.08. The molecular weight excluding hydrogens is 266 g/mol. The SMILES string of the molecule is CC(C)[C@@H](CO)NS(=O)(=O)c1ccc2c(c1)CCO2. The van der Waals surface area contributed by atoms with Gasteiger partial charge in [-0.3, -0.25) is 0 Å². The first-order valence-electron chi connectivity index (χ1n) is 6.33. The van der Waals surface area contributed by atoms with E-state index in [0.29, 0.717) is 6.61 Å². The molecule has 2 rings (SSSR count). The van der Waals surface area contributed by atoms with Crippen LogP contribution in [0.1, 0.15) is 19.4 Å². The van der Waals surface area contributed by atoms with Gasteiger partial charge in [0.05, 0.1) is 18.1 Å². The number of aliphatic hydroxyl groups is 1. The van der Waals surface area contributed by atoms with Crippen molar-refractivity contribution >= 4 is 10.0 Å². The second-order valence-corrected chi connectivity index (χ2v) is 6.74. The molecule has 19 heavy (non-hydrogen) atoms. The van der Waals surface area contributed by atoms with E-state index >= 15 is 0 Å². The van der Waals surface area contributed by atoms with Gasteiger partial charge in [-0.25, -0.2) is 13.1 Å². The minimum absolute atomic E-state index is 0.0255. The quantitative estimate of drug-likeness (QED) is 0.843. The molecule has 0 aliphatic carbocycles. The van der Waals surface area contributed by atoms with Gasteiger partial charge >= 0.3 is 0 Å². The number of benzene rings is 1. The molecule has 0 radical (unpaired) electrons. The predicted octanol–water partition coefficient (Wildman–Crippen LogP) is 0.917. The molecule has 0 fully saturated rings. The summed E-state index contributed by atoms with van der Waals surface area (Å²) in [4.78, 5) is 0.218. The van der Waals surface area contributed by atoms with Crippen molar-refractivity contribution in [3.8, 4) is 5.75 Å². The Morgan fingerprint density at radius 1 is 1.42 bits per heavy atom. The number of hydrogen-bond donors (Lipinski definition) is 2. The standard InChI is InChI=1S/C13H19NO4S/c1-9(2)12(8-15)14-19(16,17)11-3-4-13-10(7-11)5-6-18-13/h3-4,7,9,12,14-15H,5-6,8H2,1-2H3/t12-/m1/s1. The molecule has 0 saturated heterocycles. The van der Waals surface area contributed by atoms with Crippen LogP contribution in [0.4, 0.5) is 0 Å². The van der Waals surface area contributed by atoms with Crippen LogP contribution in [-0.2, 0) is 16.4 Å². The Labute approximate surface area is 113 Å². The first kappa shape index (κ1) is 14.3. The Balaban J connectivity index is 2.24. The zero-order valence-electron chi connectivity index (χ0n) is 11.1. The second-order valence-electron chi connectivity index (χ2n) is 5.02. The Hall–Kier alpha value is -1.11. The molecule has 6 heteroatoms. The van der Waals surface area contributed by atoms with Gasteiger partial charge in [-0.15, -0.1) is 0 Å². The highest BCUT2D eigenvalue weighted by Gasteiger charge is 2.23. The lowest BCUT2D eigenvalue weighted by molar-refractivity contribution is 0.227. The summed E-state index contributed by atoms with van der Waals surface area (Å²) in [6.07, 6.45) is 0.728. The largest absolute Gasteiger partial charge is 0.493 e. The summed E-state index contributed by atoms with van der Waals surface area (Å²) in [5.41, 5.74) is 0.910. The topological polar surface area (TPSA) is 75.6 Å². The summed E-state index contributed by atoms with van der Waals surface area (Å²) in [7, 11) is -3.60. The molecule has 1 aromatic carbocycles. The van der Waals surface area contributed by atoms with Crippen molar-refractivity contribution in [2.45, 2.75) is 31.2 Å². The smallest absolute Gasteiger partial charge is 0.240 e. The van der Waals surface area contributed by atoms with Crippen molar-refractivity contribution in [2.75, 3.05) is 13.2 Å². The van der Waals surface area contributed by atoms with Crippen LogP contribution in [0.5, 0.6) is 5.75 Å². The van der Waals surface area contributed by atoms with Crippen LogP contribution in [0, 0.1) is 5.92 Å². The van der Waals surface area contributed by atoms with Crippen molar-refractivity contribution in [1.29, 1.82) is 0 Å². The fourth-order valence-corrected chi connectivity index (χ4v) is 3.41. The Morgan fingerprint density at radius 3 is 2.79 bits per heavy atom. The Kier molecular flexibility index (Phi) is 4.13. The maximum absolute atomic E-state index is 12.2.